The number of benzene rings is 2. The summed E-state index contributed by atoms with van der Waals surface area (Å²) in [5.74, 6) is -0.345. The van der Waals surface area contributed by atoms with E-state index in [9.17, 15) is 9.59 Å². The van der Waals surface area contributed by atoms with Crippen LogP contribution in [0.3, 0.4) is 0 Å². The molecule has 4 aromatic rings. The first-order valence-corrected chi connectivity index (χ1v) is 11.3. The first kappa shape index (κ1) is 19.6. The van der Waals surface area contributed by atoms with Crippen molar-refractivity contribution >= 4 is 33.1 Å². The molecule has 0 fully saturated rings. The Morgan fingerprint density at radius 2 is 1.71 bits per heavy atom. The SMILES string of the molecule is O=C(Nc1nc2c(s1)CCCCC2)c1nn(Cc2ccccc2)c(=O)c2ccccc12. The molecule has 2 heterocycles. The zero-order valence-electron chi connectivity index (χ0n) is 17.0. The van der Waals surface area contributed by atoms with E-state index in [0.717, 1.165) is 30.5 Å². The van der Waals surface area contributed by atoms with E-state index in [2.05, 4.69) is 15.4 Å². The number of thiazole rings is 1. The van der Waals surface area contributed by atoms with Crippen LogP contribution in [0.2, 0.25) is 0 Å². The van der Waals surface area contributed by atoms with Crippen LogP contribution in [0.4, 0.5) is 5.13 Å². The van der Waals surface area contributed by atoms with E-state index in [1.807, 2.05) is 36.4 Å². The number of aryl methyl sites for hydroxylation is 2. The lowest BCUT2D eigenvalue weighted by Crippen LogP contribution is -2.28. The molecule has 156 valence electrons. The van der Waals surface area contributed by atoms with E-state index in [-0.39, 0.29) is 17.2 Å². The fourth-order valence-corrected chi connectivity index (χ4v) is 5.05. The van der Waals surface area contributed by atoms with Crippen LogP contribution in [0.1, 0.15) is 45.9 Å². The summed E-state index contributed by atoms with van der Waals surface area (Å²) in [6.07, 6.45) is 5.51. The third-order valence-corrected chi connectivity index (χ3v) is 6.65. The molecule has 2 aromatic carbocycles. The molecular formula is C24H22N4O2S. The van der Waals surface area contributed by atoms with Crippen LogP contribution in [0, 0.1) is 0 Å². The summed E-state index contributed by atoms with van der Waals surface area (Å²) in [5.41, 5.74) is 2.07. The molecule has 0 saturated heterocycles. The molecule has 7 heteroatoms. The molecule has 1 aliphatic carbocycles. The zero-order valence-corrected chi connectivity index (χ0v) is 17.8. The first-order valence-electron chi connectivity index (χ1n) is 10.5. The lowest BCUT2D eigenvalue weighted by Gasteiger charge is -2.11. The average Bonchev–Trinajstić information content (AvgIpc) is 3.04. The number of rotatable bonds is 4. The zero-order chi connectivity index (χ0) is 21.2. The van der Waals surface area contributed by atoms with E-state index in [4.69, 9.17) is 0 Å². The molecule has 0 radical (unpaired) electrons. The summed E-state index contributed by atoms with van der Waals surface area (Å²) < 4.78 is 1.36. The molecule has 6 nitrogen and oxygen atoms in total. The van der Waals surface area contributed by atoms with E-state index < -0.39 is 0 Å². The molecule has 1 amide bonds. The predicted octanol–water partition coefficient (Wildman–Crippen LogP) is 4.42. The second-order valence-electron chi connectivity index (χ2n) is 7.75. The van der Waals surface area contributed by atoms with Gasteiger partial charge in [-0.1, -0.05) is 55.0 Å². The number of nitrogens with one attached hydrogen (secondary N) is 1. The highest BCUT2D eigenvalue weighted by molar-refractivity contribution is 7.15. The van der Waals surface area contributed by atoms with Crippen LogP contribution in [0.15, 0.2) is 59.4 Å². The van der Waals surface area contributed by atoms with Crippen LogP contribution >= 0.6 is 11.3 Å². The number of carbonyl (C=O) groups excluding carboxylic acids is 1. The quantitative estimate of drug-likeness (QED) is 0.486. The molecule has 0 saturated carbocycles. The van der Waals surface area contributed by atoms with Gasteiger partial charge < -0.3 is 0 Å². The van der Waals surface area contributed by atoms with Gasteiger partial charge in [-0.2, -0.15) is 5.10 Å². The molecule has 31 heavy (non-hydrogen) atoms. The van der Waals surface area contributed by atoms with Crippen molar-refractivity contribution in [2.45, 2.75) is 38.6 Å². The maximum Gasteiger partial charge on any atom is 0.278 e. The maximum absolute atomic E-state index is 13.2. The van der Waals surface area contributed by atoms with Crippen LogP contribution < -0.4 is 10.9 Å². The number of nitrogens with zero attached hydrogens (tertiary/aromatic N) is 3. The standard InChI is InChI=1S/C24H22N4O2S/c29-22(26-24-25-19-13-5-2-6-14-20(19)31-24)21-17-11-7-8-12-18(17)23(30)28(27-21)15-16-9-3-1-4-10-16/h1,3-4,7-12H,2,5-6,13-15H2,(H,25,26,29). The van der Waals surface area contributed by atoms with Gasteiger partial charge in [0.2, 0.25) is 0 Å². The Bertz CT molecular complexity index is 1290. The number of fused-ring (bicyclic) bond motifs is 2. The minimum atomic E-state index is -0.345. The largest absolute Gasteiger partial charge is 0.296 e. The molecule has 0 aliphatic heterocycles. The van der Waals surface area contributed by atoms with E-state index in [1.54, 1.807) is 29.5 Å². The normalized spacial score (nSPS) is 13.5. The Morgan fingerprint density at radius 1 is 0.968 bits per heavy atom. The first-order chi connectivity index (χ1) is 15.2. The summed E-state index contributed by atoms with van der Waals surface area (Å²) >= 11 is 1.55. The van der Waals surface area contributed by atoms with Gasteiger partial charge >= 0.3 is 0 Å². The van der Waals surface area contributed by atoms with Crippen molar-refractivity contribution in [2.24, 2.45) is 0 Å². The minimum Gasteiger partial charge on any atom is -0.296 e. The molecule has 0 bridgehead atoms. The smallest absolute Gasteiger partial charge is 0.278 e. The lowest BCUT2D eigenvalue weighted by molar-refractivity contribution is 0.102. The number of hydrogen-bond acceptors (Lipinski definition) is 5. The third-order valence-electron chi connectivity index (χ3n) is 5.57. The molecule has 5 rings (SSSR count). The van der Waals surface area contributed by atoms with Crippen LogP contribution in [-0.4, -0.2) is 20.7 Å². The molecule has 0 atom stereocenters. The van der Waals surface area contributed by atoms with Crippen molar-refractivity contribution in [1.82, 2.24) is 14.8 Å². The van der Waals surface area contributed by atoms with Gasteiger partial charge in [0, 0.05) is 10.3 Å². The van der Waals surface area contributed by atoms with Gasteiger partial charge in [0.1, 0.15) is 0 Å². The summed E-state index contributed by atoms with van der Waals surface area (Å²) in [6.45, 7) is 0.302. The Kier molecular flexibility index (Phi) is 5.34. The van der Waals surface area contributed by atoms with E-state index >= 15 is 0 Å². The van der Waals surface area contributed by atoms with E-state index in [1.165, 1.54) is 22.4 Å². The van der Waals surface area contributed by atoms with Gasteiger partial charge in [-0.3, -0.25) is 14.9 Å². The highest BCUT2D eigenvalue weighted by Crippen LogP contribution is 2.29. The molecule has 1 N–H and O–H groups in total. The average molecular weight is 431 g/mol. The van der Waals surface area contributed by atoms with Gasteiger partial charge in [-0.15, -0.1) is 11.3 Å². The fourth-order valence-electron chi connectivity index (χ4n) is 4.00. The molecule has 0 spiro atoms. The summed E-state index contributed by atoms with van der Waals surface area (Å²) in [6, 6.07) is 16.8. The molecule has 2 aromatic heterocycles. The molecule has 0 unspecified atom stereocenters. The minimum absolute atomic E-state index is 0.211. The Morgan fingerprint density at radius 3 is 2.55 bits per heavy atom. The van der Waals surface area contributed by atoms with Crippen molar-refractivity contribution in [3.8, 4) is 0 Å². The van der Waals surface area contributed by atoms with E-state index in [0.29, 0.717) is 22.4 Å². The third kappa shape index (κ3) is 4.01. The van der Waals surface area contributed by atoms with Crippen molar-refractivity contribution in [3.05, 3.63) is 86.8 Å². The number of hydrogen-bond donors (Lipinski definition) is 1. The van der Waals surface area contributed by atoms with Crippen LogP contribution in [0.5, 0.6) is 0 Å². The summed E-state index contributed by atoms with van der Waals surface area (Å²) in [7, 11) is 0. The van der Waals surface area contributed by atoms with Gasteiger partial charge in [0.05, 0.1) is 17.6 Å². The van der Waals surface area contributed by atoms with Gasteiger partial charge in [0.25, 0.3) is 11.5 Å². The summed E-state index contributed by atoms with van der Waals surface area (Å²) in [4.78, 5) is 32.1. The second kappa shape index (κ2) is 8.43. The number of aromatic nitrogens is 3. The monoisotopic (exact) mass is 430 g/mol. The Labute approximate surface area is 183 Å². The summed E-state index contributed by atoms with van der Waals surface area (Å²) in [5, 5.41) is 9.02. The topological polar surface area (TPSA) is 76.9 Å². The van der Waals surface area contributed by atoms with Gasteiger partial charge in [-0.25, -0.2) is 9.67 Å². The maximum atomic E-state index is 13.2. The van der Waals surface area contributed by atoms with Crippen molar-refractivity contribution < 1.29 is 4.79 Å². The fraction of sp³-hybridized carbons (Fsp3) is 0.250. The Hall–Kier alpha value is -3.32. The van der Waals surface area contributed by atoms with Crippen molar-refractivity contribution in [1.29, 1.82) is 0 Å². The highest BCUT2D eigenvalue weighted by atomic mass is 32.1. The number of carbonyl (C=O) groups is 1. The second-order valence-corrected chi connectivity index (χ2v) is 8.83. The molecular weight excluding hydrogens is 408 g/mol. The Balaban J connectivity index is 1.52. The van der Waals surface area contributed by atoms with Crippen molar-refractivity contribution in [3.63, 3.8) is 0 Å². The lowest BCUT2D eigenvalue weighted by atomic mass is 10.1. The molecule has 1 aliphatic rings. The van der Waals surface area contributed by atoms with Crippen molar-refractivity contribution in [2.75, 3.05) is 5.32 Å². The van der Waals surface area contributed by atoms with Crippen LogP contribution in [-0.2, 0) is 19.4 Å². The van der Waals surface area contributed by atoms with Crippen LogP contribution in [0.25, 0.3) is 10.8 Å². The van der Waals surface area contributed by atoms with Gasteiger partial charge in [0.15, 0.2) is 10.8 Å². The highest BCUT2D eigenvalue weighted by Gasteiger charge is 2.20. The number of amides is 1. The number of anilines is 1. The predicted molar refractivity (Wildman–Crippen MR) is 123 cm³/mol. The van der Waals surface area contributed by atoms with Gasteiger partial charge in [-0.05, 0) is 37.3 Å².